The standard InChI is InChI=1S/C24H20FN3O/c1-16-21(13-19-8-5-11-27-28-19)20-10-9-18(25)12-23(20)22(16)14-24(29)26-15-17-6-3-2-4-7-17/h2-13H,14-15H2,1H3,(H,26,29)/b21-13-. The van der Waals surface area contributed by atoms with Gasteiger partial charge in [-0.05, 0) is 70.7 Å². The fourth-order valence-corrected chi connectivity index (χ4v) is 3.54. The number of amides is 1. The first-order valence-electron chi connectivity index (χ1n) is 9.42. The third-order valence-electron chi connectivity index (χ3n) is 5.01. The van der Waals surface area contributed by atoms with Crippen LogP contribution >= 0.6 is 0 Å². The Morgan fingerprint density at radius 1 is 1.07 bits per heavy atom. The number of carbonyl (C=O) groups excluding carboxylic acids is 1. The van der Waals surface area contributed by atoms with Gasteiger partial charge in [0.05, 0.1) is 12.1 Å². The van der Waals surface area contributed by atoms with Crippen molar-refractivity contribution >= 4 is 23.1 Å². The molecule has 1 aliphatic rings. The Hall–Kier alpha value is -3.60. The quantitative estimate of drug-likeness (QED) is 0.696. The Morgan fingerprint density at radius 2 is 1.90 bits per heavy atom. The van der Waals surface area contributed by atoms with Crippen LogP contribution in [0, 0.1) is 5.82 Å². The molecular formula is C24H20FN3O. The maximum atomic E-state index is 14.0. The molecule has 1 amide bonds. The van der Waals surface area contributed by atoms with Gasteiger partial charge in [-0.25, -0.2) is 4.39 Å². The number of nitrogens with one attached hydrogen (secondary N) is 1. The lowest BCUT2D eigenvalue weighted by molar-refractivity contribution is -0.120. The average Bonchev–Trinajstić information content (AvgIpc) is 2.99. The topological polar surface area (TPSA) is 54.9 Å². The summed E-state index contributed by atoms with van der Waals surface area (Å²) in [6.07, 6.45) is 3.73. The van der Waals surface area contributed by atoms with Crippen molar-refractivity contribution in [2.45, 2.75) is 19.9 Å². The first kappa shape index (κ1) is 18.7. The van der Waals surface area contributed by atoms with E-state index in [1.165, 1.54) is 12.1 Å². The number of fused-ring (bicyclic) bond motifs is 1. The molecule has 0 fully saturated rings. The second kappa shape index (κ2) is 8.19. The molecule has 0 saturated heterocycles. The molecule has 1 N–H and O–H groups in total. The van der Waals surface area contributed by atoms with Crippen molar-refractivity contribution in [2.75, 3.05) is 0 Å². The zero-order valence-corrected chi connectivity index (χ0v) is 16.0. The summed E-state index contributed by atoms with van der Waals surface area (Å²) in [5.41, 5.74) is 6.13. The third-order valence-corrected chi connectivity index (χ3v) is 5.01. The predicted molar refractivity (Wildman–Crippen MR) is 112 cm³/mol. The van der Waals surface area contributed by atoms with Crippen molar-refractivity contribution in [3.8, 4) is 0 Å². The van der Waals surface area contributed by atoms with Gasteiger partial charge in [-0.2, -0.15) is 10.2 Å². The highest BCUT2D eigenvalue weighted by atomic mass is 19.1. The Kier molecular flexibility index (Phi) is 5.29. The molecule has 0 saturated carbocycles. The summed E-state index contributed by atoms with van der Waals surface area (Å²) in [5.74, 6) is -0.418. The molecule has 5 heteroatoms. The van der Waals surface area contributed by atoms with E-state index < -0.39 is 0 Å². The van der Waals surface area contributed by atoms with Gasteiger partial charge in [-0.3, -0.25) is 4.79 Å². The molecule has 0 bridgehead atoms. The molecule has 0 spiro atoms. The molecule has 1 heterocycles. The predicted octanol–water partition coefficient (Wildman–Crippen LogP) is 4.65. The first-order chi connectivity index (χ1) is 14.1. The van der Waals surface area contributed by atoms with Gasteiger partial charge in [0, 0.05) is 12.7 Å². The first-order valence-corrected chi connectivity index (χ1v) is 9.42. The van der Waals surface area contributed by atoms with Crippen LogP contribution in [0.4, 0.5) is 4.39 Å². The average molecular weight is 385 g/mol. The van der Waals surface area contributed by atoms with Crippen molar-refractivity contribution in [3.05, 3.63) is 101 Å². The van der Waals surface area contributed by atoms with Gasteiger partial charge < -0.3 is 5.32 Å². The summed E-state index contributed by atoms with van der Waals surface area (Å²) in [4.78, 5) is 12.6. The van der Waals surface area contributed by atoms with Crippen LogP contribution in [0.1, 0.15) is 35.7 Å². The minimum atomic E-state index is -0.320. The summed E-state index contributed by atoms with van der Waals surface area (Å²) in [6, 6.07) is 18.1. The number of nitrogens with zero attached hydrogens (tertiary/aromatic N) is 2. The van der Waals surface area contributed by atoms with Crippen LogP contribution < -0.4 is 5.32 Å². The van der Waals surface area contributed by atoms with Crippen LogP contribution in [-0.2, 0) is 11.3 Å². The van der Waals surface area contributed by atoms with E-state index in [9.17, 15) is 9.18 Å². The second-order valence-electron chi connectivity index (χ2n) is 6.94. The molecule has 29 heavy (non-hydrogen) atoms. The largest absolute Gasteiger partial charge is 0.352 e. The van der Waals surface area contributed by atoms with Crippen molar-refractivity contribution in [1.82, 2.24) is 15.5 Å². The van der Waals surface area contributed by atoms with E-state index in [0.29, 0.717) is 12.2 Å². The lowest BCUT2D eigenvalue weighted by atomic mass is 10.0. The third kappa shape index (κ3) is 4.14. The number of aromatic nitrogens is 2. The molecule has 4 rings (SSSR count). The molecule has 2 aromatic carbocycles. The van der Waals surface area contributed by atoms with E-state index in [1.807, 2.05) is 55.5 Å². The monoisotopic (exact) mass is 385 g/mol. The molecule has 1 aliphatic carbocycles. The minimum absolute atomic E-state index is 0.0980. The molecule has 0 aliphatic heterocycles. The van der Waals surface area contributed by atoms with Crippen LogP contribution in [0.15, 0.2) is 72.4 Å². The van der Waals surface area contributed by atoms with Gasteiger partial charge >= 0.3 is 0 Å². The van der Waals surface area contributed by atoms with Gasteiger partial charge in [-0.1, -0.05) is 36.4 Å². The molecular weight excluding hydrogens is 365 g/mol. The van der Waals surface area contributed by atoms with Crippen LogP contribution in [0.2, 0.25) is 0 Å². The summed E-state index contributed by atoms with van der Waals surface area (Å²) in [7, 11) is 0. The van der Waals surface area contributed by atoms with Crippen LogP contribution in [0.25, 0.3) is 17.2 Å². The highest BCUT2D eigenvalue weighted by molar-refractivity contribution is 6.08. The van der Waals surface area contributed by atoms with Crippen molar-refractivity contribution in [1.29, 1.82) is 0 Å². The van der Waals surface area contributed by atoms with Crippen LogP contribution in [0.5, 0.6) is 0 Å². The zero-order valence-electron chi connectivity index (χ0n) is 16.0. The molecule has 0 unspecified atom stereocenters. The van der Waals surface area contributed by atoms with Crippen molar-refractivity contribution in [3.63, 3.8) is 0 Å². The van der Waals surface area contributed by atoms with E-state index in [2.05, 4.69) is 15.5 Å². The fraction of sp³-hybridized carbons (Fsp3) is 0.125. The summed E-state index contributed by atoms with van der Waals surface area (Å²) in [6.45, 7) is 2.42. The lowest BCUT2D eigenvalue weighted by Gasteiger charge is -2.08. The van der Waals surface area contributed by atoms with Crippen LogP contribution in [-0.4, -0.2) is 16.1 Å². The number of hydrogen-bond donors (Lipinski definition) is 1. The Balaban J connectivity index is 1.62. The van der Waals surface area contributed by atoms with Crippen molar-refractivity contribution in [2.24, 2.45) is 0 Å². The zero-order chi connectivity index (χ0) is 20.2. The number of halogens is 1. The van der Waals surface area contributed by atoms with E-state index >= 15 is 0 Å². The number of benzene rings is 2. The maximum absolute atomic E-state index is 14.0. The van der Waals surface area contributed by atoms with E-state index in [0.717, 1.165) is 33.4 Å². The number of carbonyl (C=O) groups is 1. The highest BCUT2D eigenvalue weighted by Crippen LogP contribution is 2.43. The Labute approximate surface area is 168 Å². The van der Waals surface area contributed by atoms with E-state index in [4.69, 9.17) is 0 Å². The normalized spacial score (nSPS) is 14.2. The molecule has 144 valence electrons. The number of hydrogen-bond acceptors (Lipinski definition) is 3. The highest BCUT2D eigenvalue weighted by Gasteiger charge is 2.25. The van der Waals surface area contributed by atoms with Gasteiger partial charge in [0.1, 0.15) is 5.82 Å². The fourth-order valence-electron chi connectivity index (χ4n) is 3.54. The summed E-state index contributed by atoms with van der Waals surface area (Å²) < 4.78 is 14.0. The second-order valence-corrected chi connectivity index (χ2v) is 6.94. The Morgan fingerprint density at radius 3 is 2.66 bits per heavy atom. The molecule has 0 atom stereocenters. The Bertz CT molecular complexity index is 1110. The number of rotatable bonds is 5. The van der Waals surface area contributed by atoms with Crippen LogP contribution in [0.3, 0.4) is 0 Å². The molecule has 1 aromatic heterocycles. The smallest absolute Gasteiger partial charge is 0.224 e. The van der Waals surface area contributed by atoms with Crippen molar-refractivity contribution < 1.29 is 9.18 Å². The lowest BCUT2D eigenvalue weighted by Crippen LogP contribution is -2.22. The van der Waals surface area contributed by atoms with E-state index in [1.54, 1.807) is 12.3 Å². The molecule has 3 aromatic rings. The van der Waals surface area contributed by atoms with E-state index in [-0.39, 0.29) is 18.1 Å². The molecule has 0 radical (unpaired) electrons. The maximum Gasteiger partial charge on any atom is 0.224 e. The van der Waals surface area contributed by atoms with Gasteiger partial charge in [0.25, 0.3) is 0 Å². The number of allylic oxidation sites excluding steroid dienone is 2. The van der Waals surface area contributed by atoms with Gasteiger partial charge in [-0.15, -0.1) is 0 Å². The minimum Gasteiger partial charge on any atom is -0.352 e. The summed E-state index contributed by atoms with van der Waals surface area (Å²) >= 11 is 0. The molecule has 4 nitrogen and oxygen atoms in total. The van der Waals surface area contributed by atoms with Gasteiger partial charge in [0.15, 0.2) is 0 Å². The SMILES string of the molecule is CC1=C(CC(=O)NCc2ccccc2)c2cc(F)ccc2/C1=C\c1cccnn1. The summed E-state index contributed by atoms with van der Waals surface area (Å²) in [5, 5.41) is 11.0. The van der Waals surface area contributed by atoms with Gasteiger partial charge in [0.2, 0.25) is 5.91 Å².